The molecule has 3 heteroatoms. The SMILES string of the molecule is C#CCCS(=O)[O-]. The first-order valence-electron chi connectivity index (χ1n) is 1.76. The molecule has 40 valence electrons. The van der Waals surface area contributed by atoms with Gasteiger partial charge >= 0.3 is 0 Å². The number of hydrogen-bond donors (Lipinski definition) is 0. The molecule has 2 nitrogen and oxygen atoms in total. The third kappa shape index (κ3) is 5.67. The molecule has 0 saturated carbocycles. The van der Waals surface area contributed by atoms with E-state index >= 15 is 0 Å². The standard InChI is InChI=1S/C4H6O2S/c1-2-3-4-7(5)6/h1H,3-4H2,(H,5,6)/p-1. The predicted molar refractivity (Wildman–Crippen MR) is 27.2 cm³/mol. The molecule has 1 atom stereocenters. The van der Waals surface area contributed by atoms with Gasteiger partial charge in [0, 0.05) is 12.2 Å². The summed E-state index contributed by atoms with van der Waals surface area (Å²) in [5, 5.41) is 0. The fraction of sp³-hybridized carbons (Fsp3) is 0.500. The van der Waals surface area contributed by atoms with Crippen LogP contribution in [-0.4, -0.2) is 14.5 Å². The quantitative estimate of drug-likeness (QED) is 0.374. The van der Waals surface area contributed by atoms with E-state index in [9.17, 15) is 8.76 Å². The van der Waals surface area contributed by atoms with Crippen LogP contribution < -0.4 is 0 Å². The van der Waals surface area contributed by atoms with E-state index in [2.05, 4.69) is 5.92 Å². The van der Waals surface area contributed by atoms with Crippen molar-refractivity contribution in [2.75, 3.05) is 5.75 Å². The van der Waals surface area contributed by atoms with Crippen molar-refractivity contribution in [1.29, 1.82) is 0 Å². The number of hydrogen-bond acceptors (Lipinski definition) is 2. The van der Waals surface area contributed by atoms with Crippen molar-refractivity contribution < 1.29 is 8.76 Å². The summed E-state index contributed by atoms with van der Waals surface area (Å²) in [5.41, 5.74) is 0. The molecule has 0 aromatic carbocycles. The lowest BCUT2D eigenvalue weighted by Crippen LogP contribution is -1.91. The molecular weight excluding hydrogens is 112 g/mol. The van der Waals surface area contributed by atoms with Gasteiger partial charge in [0.2, 0.25) is 0 Å². The second-order valence-electron chi connectivity index (χ2n) is 0.962. The summed E-state index contributed by atoms with van der Waals surface area (Å²) in [6, 6.07) is 0. The van der Waals surface area contributed by atoms with Gasteiger partial charge in [-0.2, -0.15) is 0 Å². The molecule has 1 unspecified atom stereocenters. The zero-order valence-corrected chi connectivity index (χ0v) is 4.53. The van der Waals surface area contributed by atoms with Crippen LogP contribution in [0.3, 0.4) is 0 Å². The second kappa shape index (κ2) is 3.85. The van der Waals surface area contributed by atoms with Gasteiger partial charge in [0.15, 0.2) is 0 Å². The summed E-state index contributed by atoms with van der Waals surface area (Å²) in [5.74, 6) is 2.29. The molecule has 0 radical (unpaired) electrons. The Morgan fingerprint density at radius 3 is 2.57 bits per heavy atom. The Morgan fingerprint density at radius 1 is 1.86 bits per heavy atom. The Kier molecular flexibility index (Phi) is 3.67. The summed E-state index contributed by atoms with van der Waals surface area (Å²) in [6.07, 6.45) is 5.07. The summed E-state index contributed by atoms with van der Waals surface area (Å²) >= 11 is -1.96. The fourth-order valence-electron chi connectivity index (χ4n) is 0.142. The Balaban J connectivity index is 3.02. The maximum atomic E-state index is 9.66. The molecule has 0 aromatic rings. The molecule has 0 saturated heterocycles. The van der Waals surface area contributed by atoms with Gasteiger partial charge in [-0.1, -0.05) is 11.1 Å². The van der Waals surface area contributed by atoms with Gasteiger partial charge in [-0.05, 0) is 0 Å². The molecule has 0 N–H and O–H groups in total. The van der Waals surface area contributed by atoms with E-state index in [-0.39, 0.29) is 5.75 Å². The topological polar surface area (TPSA) is 40.1 Å². The van der Waals surface area contributed by atoms with E-state index < -0.39 is 11.1 Å². The van der Waals surface area contributed by atoms with Crippen LogP contribution in [0.2, 0.25) is 0 Å². The first-order valence-corrected chi connectivity index (χ1v) is 3.01. The molecule has 0 aliphatic carbocycles. The third-order valence-electron chi connectivity index (χ3n) is 0.413. The van der Waals surface area contributed by atoms with Gasteiger partial charge in [0.25, 0.3) is 0 Å². The average Bonchev–Trinajstić information content (AvgIpc) is 1.61. The van der Waals surface area contributed by atoms with Crippen molar-refractivity contribution in [2.45, 2.75) is 6.42 Å². The Morgan fingerprint density at radius 2 is 2.43 bits per heavy atom. The summed E-state index contributed by atoms with van der Waals surface area (Å²) in [4.78, 5) is 0. The average molecular weight is 117 g/mol. The molecule has 0 bridgehead atoms. The minimum atomic E-state index is -1.96. The fourth-order valence-corrected chi connectivity index (χ4v) is 0.427. The van der Waals surface area contributed by atoms with E-state index in [1.807, 2.05) is 0 Å². The van der Waals surface area contributed by atoms with Gasteiger partial charge in [0.05, 0.1) is 0 Å². The van der Waals surface area contributed by atoms with E-state index in [0.29, 0.717) is 6.42 Å². The van der Waals surface area contributed by atoms with E-state index in [0.717, 1.165) is 0 Å². The normalized spacial score (nSPS) is 12.6. The van der Waals surface area contributed by atoms with Gasteiger partial charge in [-0.3, -0.25) is 4.21 Å². The Labute approximate surface area is 45.2 Å². The molecule has 0 aromatic heterocycles. The summed E-state index contributed by atoms with van der Waals surface area (Å²) < 4.78 is 19.3. The molecule has 0 heterocycles. The molecular formula is C4H5O2S-. The first-order chi connectivity index (χ1) is 3.27. The second-order valence-corrected chi connectivity index (χ2v) is 1.98. The first kappa shape index (κ1) is 6.67. The van der Waals surface area contributed by atoms with Crippen molar-refractivity contribution in [1.82, 2.24) is 0 Å². The van der Waals surface area contributed by atoms with E-state index in [4.69, 9.17) is 6.42 Å². The molecule has 0 amide bonds. The minimum Gasteiger partial charge on any atom is -0.772 e. The molecule has 0 aliphatic rings. The highest BCUT2D eigenvalue weighted by Gasteiger charge is 1.76. The van der Waals surface area contributed by atoms with Gasteiger partial charge in [-0.25, -0.2) is 0 Å². The largest absolute Gasteiger partial charge is 0.772 e. The van der Waals surface area contributed by atoms with Crippen LogP contribution in [0.15, 0.2) is 0 Å². The third-order valence-corrected chi connectivity index (χ3v) is 0.951. The van der Waals surface area contributed by atoms with Crippen LogP contribution in [-0.2, 0) is 11.1 Å². The van der Waals surface area contributed by atoms with Gasteiger partial charge in [0.1, 0.15) is 0 Å². The predicted octanol–water partition coefficient (Wildman–Crippen LogP) is -0.111. The molecule has 0 fully saturated rings. The molecule has 0 aliphatic heterocycles. The zero-order valence-electron chi connectivity index (χ0n) is 3.72. The highest BCUT2D eigenvalue weighted by atomic mass is 32.2. The lowest BCUT2D eigenvalue weighted by molar-refractivity contribution is 0.537. The van der Waals surface area contributed by atoms with Crippen LogP contribution >= 0.6 is 0 Å². The number of rotatable bonds is 2. The van der Waals surface area contributed by atoms with Crippen molar-refractivity contribution in [3.63, 3.8) is 0 Å². The lowest BCUT2D eigenvalue weighted by Gasteiger charge is -1.97. The highest BCUT2D eigenvalue weighted by Crippen LogP contribution is 1.77. The van der Waals surface area contributed by atoms with E-state index in [1.165, 1.54) is 0 Å². The van der Waals surface area contributed by atoms with Crippen LogP contribution in [0.1, 0.15) is 6.42 Å². The lowest BCUT2D eigenvalue weighted by atomic mass is 10.5. The van der Waals surface area contributed by atoms with Crippen molar-refractivity contribution >= 4 is 11.1 Å². The molecule has 0 rings (SSSR count). The van der Waals surface area contributed by atoms with Crippen molar-refractivity contribution in [3.8, 4) is 12.3 Å². The Bertz CT molecular complexity index is 103. The van der Waals surface area contributed by atoms with E-state index in [1.54, 1.807) is 0 Å². The van der Waals surface area contributed by atoms with Crippen molar-refractivity contribution in [3.05, 3.63) is 0 Å². The minimum absolute atomic E-state index is 0.0799. The maximum Gasteiger partial charge on any atom is 0.0211 e. The zero-order chi connectivity index (χ0) is 5.70. The van der Waals surface area contributed by atoms with Gasteiger partial charge in [-0.15, -0.1) is 12.3 Å². The summed E-state index contributed by atoms with van der Waals surface area (Å²) in [7, 11) is 0. The summed E-state index contributed by atoms with van der Waals surface area (Å²) in [6.45, 7) is 0. The molecule has 7 heavy (non-hydrogen) atoms. The molecule has 0 spiro atoms. The van der Waals surface area contributed by atoms with Crippen molar-refractivity contribution in [2.24, 2.45) is 0 Å². The van der Waals surface area contributed by atoms with Crippen LogP contribution in [0.25, 0.3) is 0 Å². The highest BCUT2D eigenvalue weighted by molar-refractivity contribution is 7.79. The van der Waals surface area contributed by atoms with Crippen LogP contribution in [0.4, 0.5) is 0 Å². The monoisotopic (exact) mass is 117 g/mol. The van der Waals surface area contributed by atoms with Crippen LogP contribution in [0, 0.1) is 12.3 Å². The van der Waals surface area contributed by atoms with Crippen LogP contribution in [0.5, 0.6) is 0 Å². The number of terminal acetylenes is 1. The Hall–Kier alpha value is -0.330. The van der Waals surface area contributed by atoms with Gasteiger partial charge < -0.3 is 4.55 Å². The smallest absolute Gasteiger partial charge is 0.0211 e. The maximum absolute atomic E-state index is 9.66.